The Bertz CT molecular complexity index is 959. The summed E-state index contributed by atoms with van der Waals surface area (Å²) in [7, 11) is 5.14. The molecule has 0 N–H and O–H groups in total. The number of benzene rings is 2. The molecular weight excluding hydrogens is 304 g/mol. The Kier molecular flexibility index (Phi) is 3.30. The Morgan fingerprint density at radius 3 is 2.75 bits per heavy atom. The van der Waals surface area contributed by atoms with Crippen LogP contribution in [-0.2, 0) is 7.05 Å². The van der Waals surface area contributed by atoms with Crippen molar-refractivity contribution >= 4 is 16.7 Å². The van der Waals surface area contributed by atoms with Crippen molar-refractivity contribution in [1.82, 2.24) is 9.78 Å². The minimum atomic E-state index is -0.00189. The fourth-order valence-electron chi connectivity index (χ4n) is 3.56. The molecule has 1 atom stereocenters. The molecule has 0 saturated carbocycles. The summed E-state index contributed by atoms with van der Waals surface area (Å²) in [5.41, 5.74) is 3.82. The smallest absolute Gasteiger partial charge is 0.164 e. The molecule has 0 fully saturated rings. The summed E-state index contributed by atoms with van der Waals surface area (Å²) in [6.45, 7) is 0. The lowest BCUT2D eigenvalue weighted by molar-refractivity contribution is 0.0991. The van der Waals surface area contributed by atoms with Crippen molar-refractivity contribution in [2.45, 2.75) is 12.3 Å². The highest BCUT2D eigenvalue weighted by molar-refractivity contribution is 6.03. The number of ether oxygens (including phenoxy) is 2. The first-order valence-electron chi connectivity index (χ1n) is 7.83. The van der Waals surface area contributed by atoms with Crippen LogP contribution < -0.4 is 9.47 Å². The Labute approximate surface area is 139 Å². The average Bonchev–Trinajstić information content (AvgIpc) is 3.14. The number of carbonyl (C=O) groups excluding carboxylic acids is 1. The highest BCUT2D eigenvalue weighted by Crippen LogP contribution is 2.45. The molecule has 1 heterocycles. The molecule has 1 aliphatic rings. The predicted octanol–water partition coefficient (Wildman–Crippen LogP) is 3.31. The molecule has 0 radical (unpaired) electrons. The van der Waals surface area contributed by atoms with E-state index in [2.05, 4.69) is 23.3 Å². The van der Waals surface area contributed by atoms with Crippen molar-refractivity contribution < 1.29 is 14.3 Å². The monoisotopic (exact) mass is 322 g/mol. The van der Waals surface area contributed by atoms with Gasteiger partial charge in [0, 0.05) is 42.0 Å². The van der Waals surface area contributed by atoms with Crippen LogP contribution in [0, 0.1) is 0 Å². The van der Waals surface area contributed by atoms with Crippen LogP contribution in [0.3, 0.4) is 0 Å². The summed E-state index contributed by atoms with van der Waals surface area (Å²) in [4.78, 5) is 12.5. The third kappa shape index (κ3) is 2.08. The molecule has 0 aliphatic heterocycles. The van der Waals surface area contributed by atoms with E-state index < -0.39 is 0 Å². The van der Waals surface area contributed by atoms with E-state index in [0.29, 0.717) is 23.5 Å². The van der Waals surface area contributed by atoms with Gasteiger partial charge in [0.15, 0.2) is 5.78 Å². The fourth-order valence-corrected chi connectivity index (χ4v) is 3.56. The van der Waals surface area contributed by atoms with Crippen LogP contribution in [0.1, 0.15) is 33.8 Å². The normalized spacial score (nSPS) is 16.5. The number of carbonyl (C=O) groups is 1. The van der Waals surface area contributed by atoms with Crippen LogP contribution in [0.15, 0.2) is 36.5 Å². The SMILES string of the molecule is COc1cc(OC)c2c(c1)C(=O)CC2c1ccc2c(cnn2C)c1. The third-order valence-corrected chi connectivity index (χ3v) is 4.78. The van der Waals surface area contributed by atoms with Gasteiger partial charge in [-0.2, -0.15) is 5.10 Å². The molecule has 0 spiro atoms. The van der Waals surface area contributed by atoms with E-state index in [1.165, 1.54) is 0 Å². The molecule has 2 aromatic carbocycles. The van der Waals surface area contributed by atoms with E-state index in [4.69, 9.17) is 9.47 Å². The second-order valence-corrected chi connectivity index (χ2v) is 6.06. The van der Waals surface area contributed by atoms with Crippen molar-refractivity contribution in [3.8, 4) is 11.5 Å². The molecule has 0 bridgehead atoms. The van der Waals surface area contributed by atoms with Gasteiger partial charge in [-0.25, -0.2) is 0 Å². The maximum absolute atomic E-state index is 12.5. The second kappa shape index (κ2) is 5.37. The molecule has 5 heteroatoms. The van der Waals surface area contributed by atoms with E-state index in [-0.39, 0.29) is 11.7 Å². The Balaban J connectivity index is 1.88. The van der Waals surface area contributed by atoms with Gasteiger partial charge < -0.3 is 9.47 Å². The molecule has 24 heavy (non-hydrogen) atoms. The van der Waals surface area contributed by atoms with Crippen LogP contribution in [0.25, 0.3) is 10.9 Å². The minimum Gasteiger partial charge on any atom is -0.497 e. The number of ketones is 1. The Morgan fingerprint density at radius 1 is 1.17 bits per heavy atom. The van der Waals surface area contributed by atoms with E-state index in [9.17, 15) is 4.79 Å². The van der Waals surface area contributed by atoms with Crippen molar-refractivity contribution in [2.24, 2.45) is 7.05 Å². The minimum absolute atomic E-state index is 0.00189. The molecule has 0 amide bonds. The number of hydrogen-bond acceptors (Lipinski definition) is 4. The highest BCUT2D eigenvalue weighted by Gasteiger charge is 2.34. The van der Waals surface area contributed by atoms with Gasteiger partial charge in [0.1, 0.15) is 11.5 Å². The molecule has 1 aromatic heterocycles. The number of rotatable bonds is 3. The van der Waals surface area contributed by atoms with Gasteiger partial charge in [-0.3, -0.25) is 9.48 Å². The molecular formula is C19H18N2O3. The predicted molar refractivity (Wildman–Crippen MR) is 91.1 cm³/mol. The maximum atomic E-state index is 12.5. The zero-order valence-electron chi connectivity index (χ0n) is 13.9. The number of aromatic nitrogens is 2. The van der Waals surface area contributed by atoms with Crippen LogP contribution in [-0.4, -0.2) is 29.8 Å². The lowest BCUT2D eigenvalue weighted by atomic mass is 9.91. The standard InChI is InChI=1S/C19H18N2O3/c1-21-16-5-4-11(6-12(16)10-20-21)14-9-17(22)15-7-13(23-2)8-18(24-3)19(14)15/h4-8,10,14H,9H2,1-3H3. The fraction of sp³-hybridized carbons (Fsp3) is 0.263. The quantitative estimate of drug-likeness (QED) is 0.742. The Hall–Kier alpha value is -2.82. The number of Topliss-reactive ketones (excluding diaryl/α,β-unsaturated/α-hetero) is 1. The average molecular weight is 322 g/mol. The Morgan fingerprint density at radius 2 is 2.00 bits per heavy atom. The number of nitrogens with zero attached hydrogens (tertiary/aromatic N) is 2. The molecule has 122 valence electrons. The molecule has 1 unspecified atom stereocenters. The first kappa shape index (κ1) is 14.8. The van der Waals surface area contributed by atoms with Gasteiger partial charge >= 0.3 is 0 Å². The second-order valence-electron chi connectivity index (χ2n) is 6.06. The summed E-state index contributed by atoms with van der Waals surface area (Å²) in [5.74, 6) is 1.46. The van der Waals surface area contributed by atoms with Gasteiger partial charge in [0.2, 0.25) is 0 Å². The summed E-state index contributed by atoms with van der Waals surface area (Å²) in [6.07, 6.45) is 2.30. The number of methoxy groups -OCH3 is 2. The zero-order chi connectivity index (χ0) is 16.8. The van der Waals surface area contributed by atoms with Gasteiger partial charge in [0.05, 0.1) is 25.9 Å². The molecule has 4 rings (SSSR count). The summed E-state index contributed by atoms with van der Waals surface area (Å²) in [5, 5.41) is 5.36. The number of aryl methyl sites for hydroxylation is 1. The van der Waals surface area contributed by atoms with E-state index in [0.717, 1.165) is 22.0 Å². The topological polar surface area (TPSA) is 53.4 Å². The van der Waals surface area contributed by atoms with Crippen molar-refractivity contribution in [3.63, 3.8) is 0 Å². The van der Waals surface area contributed by atoms with Gasteiger partial charge in [-0.05, 0) is 23.8 Å². The largest absolute Gasteiger partial charge is 0.497 e. The first-order valence-corrected chi connectivity index (χ1v) is 7.83. The van der Waals surface area contributed by atoms with E-state index in [1.54, 1.807) is 14.2 Å². The zero-order valence-corrected chi connectivity index (χ0v) is 13.9. The first-order chi connectivity index (χ1) is 11.6. The van der Waals surface area contributed by atoms with Crippen LogP contribution in [0.4, 0.5) is 0 Å². The molecule has 3 aromatic rings. The highest BCUT2D eigenvalue weighted by atomic mass is 16.5. The van der Waals surface area contributed by atoms with E-state index >= 15 is 0 Å². The van der Waals surface area contributed by atoms with Gasteiger partial charge in [-0.15, -0.1) is 0 Å². The summed E-state index contributed by atoms with van der Waals surface area (Å²) < 4.78 is 12.7. The van der Waals surface area contributed by atoms with Crippen molar-refractivity contribution in [1.29, 1.82) is 0 Å². The molecule has 5 nitrogen and oxygen atoms in total. The number of hydrogen-bond donors (Lipinski definition) is 0. The van der Waals surface area contributed by atoms with Crippen LogP contribution >= 0.6 is 0 Å². The van der Waals surface area contributed by atoms with Crippen LogP contribution in [0.5, 0.6) is 11.5 Å². The lowest BCUT2D eigenvalue weighted by Crippen LogP contribution is -2.00. The molecule has 0 saturated heterocycles. The lowest BCUT2D eigenvalue weighted by Gasteiger charge is -2.16. The molecule has 1 aliphatic carbocycles. The van der Waals surface area contributed by atoms with Crippen molar-refractivity contribution in [3.05, 3.63) is 53.2 Å². The van der Waals surface area contributed by atoms with E-state index in [1.807, 2.05) is 30.1 Å². The van der Waals surface area contributed by atoms with Gasteiger partial charge in [0.25, 0.3) is 0 Å². The van der Waals surface area contributed by atoms with Crippen molar-refractivity contribution in [2.75, 3.05) is 14.2 Å². The third-order valence-electron chi connectivity index (χ3n) is 4.78. The maximum Gasteiger partial charge on any atom is 0.164 e. The van der Waals surface area contributed by atoms with Crippen LogP contribution in [0.2, 0.25) is 0 Å². The summed E-state index contributed by atoms with van der Waals surface area (Å²) >= 11 is 0. The summed E-state index contributed by atoms with van der Waals surface area (Å²) in [6, 6.07) is 9.88. The number of fused-ring (bicyclic) bond motifs is 2. The van der Waals surface area contributed by atoms with Gasteiger partial charge in [-0.1, -0.05) is 6.07 Å².